The molecule has 0 saturated carbocycles. The summed E-state index contributed by atoms with van der Waals surface area (Å²) < 4.78 is 0. The van der Waals surface area contributed by atoms with Crippen LogP contribution >= 0.6 is 0 Å². The van der Waals surface area contributed by atoms with Crippen molar-refractivity contribution < 1.29 is 14.7 Å². The van der Waals surface area contributed by atoms with E-state index in [4.69, 9.17) is 5.11 Å². The van der Waals surface area contributed by atoms with Gasteiger partial charge in [-0.1, -0.05) is 0 Å². The lowest BCUT2D eigenvalue weighted by Gasteiger charge is -2.30. The number of carbonyl (C=O) groups excluding carboxylic acids is 1. The van der Waals surface area contributed by atoms with Crippen LogP contribution in [-0.4, -0.2) is 33.4 Å². The molecule has 1 N–H and O–H groups in total. The molecular formula is C12H14N2O3. The summed E-state index contributed by atoms with van der Waals surface area (Å²) >= 11 is 0. The molecule has 5 heteroatoms. The maximum Gasteiger partial charge on any atom is 0.308 e. The van der Waals surface area contributed by atoms with E-state index in [0.29, 0.717) is 25.9 Å². The molecule has 1 unspecified atom stereocenters. The van der Waals surface area contributed by atoms with Crippen molar-refractivity contribution in [2.75, 3.05) is 6.54 Å². The van der Waals surface area contributed by atoms with E-state index in [1.165, 1.54) is 0 Å². The smallest absolute Gasteiger partial charge is 0.308 e. The number of likely N-dealkylation sites (tertiary alicyclic amines) is 1. The summed E-state index contributed by atoms with van der Waals surface area (Å²) in [6.45, 7) is 0.765. The normalized spacial score (nSPS) is 20.4. The molecule has 1 aromatic heterocycles. The van der Waals surface area contributed by atoms with Crippen molar-refractivity contribution >= 4 is 11.9 Å². The van der Waals surface area contributed by atoms with Crippen LogP contribution in [0.1, 0.15) is 18.4 Å². The van der Waals surface area contributed by atoms with Crippen LogP contribution in [0, 0.1) is 5.92 Å². The largest absolute Gasteiger partial charge is 0.481 e. The molecule has 0 aliphatic carbocycles. The van der Waals surface area contributed by atoms with Gasteiger partial charge >= 0.3 is 5.97 Å². The monoisotopic (exact) mass is 234 g/mol. The van der Waals surface area contributed by atoms with Crippen molar-refractivity contribution in [2.24, 2.45) is 5.92 Å². The predicted octanol–water partition coefficient (Wildman–Crippen LogP) is 0.905. The maximum atomic E-state index is 11.7. The van der Waals surface area contributed by atoms with Gasteiger partial charge in [-0.2, -0.15) is 0 Å². The number of nitrogens with zero attached hydrogens (tertiary/aromatic N) is 2. The number of aromatic nitrogens is 1. The molecule has 1 aliphatic rings. The SMILES string of the molecule is O=C(O)C1CCC(=O)N(Cc2ccncc2)C1. The second-order valence-electron chi connectivity index (χ2n) is 4.20. The summed E-state index contributed by atoms with van der Waals surface area (Å²) in [6, 6.07) is 3.66. The van der Waals surface area contributed by atoms with Gasteiger partial charge in [0.1, 0.15) is 0 Å². The standard InChI is InChI=1S/C12H14N2O3/c15-11-2-1-10(12(16)17)8-14(11)7-9-3-5-13-6-4-9/h3-6,10H,1-2,7-8H2,(H,16,17). The van der Waals surface area contributed by atoms with Crippen LogP contribution in [0.2, 0.25) is 0 Å². The van der Waals surface area contributed by atoms with E-state index < -0.39 is 11.9 Å². The third-order valence-electron chi connectivity index (χ3n) is 2.97. The molecule has 1 saturated heterocycles. The van der Waals surface area contributed by atoms with Gasteiger partial charge in [0.2, 0.25) is 5.91 Å². The Hall–Kier alpha value is -1.91. The Morgan fingerprint density at radius 2 is 2.18 bits per heavy atom. The fourth-order valence-electron chi connectivity index (χ4n) is 1.98. The first-order chi connectivity index (χ1) is 8.16. The third-order valence-corrected chi connectivity index (χ3v) is 2.97. The lowest BCUT2D eigenvalue weighted by molar-refractivity contribution is -0.147. The molecule has 1 aliphatic heterocycles. The van der Waals surface area contributed by atoms with Gasteiger partial charge in [-0.3, -0.25) is 14.6 Å². The van der Waals surface area contributed by atoms with Gasteiger partial charge in [0.15, 0.2) is 0 Å². The van der Waals surface area contributed by atoms with Crippen molar-refractivity contribution in [3.63, 3.8) is 0 Å². The second kappa shape index (κ2) is 4.95. The van der Waals surface area contributed by atoms with Crippen LogP contribution in [0.15, 0.2) is 24.5 Å². The highest BCUT2D eigenvalue weighted by atomic mass is 16.4. The zero-order valence-electron chi connectivity index (χ0n) is 9.37. The molecule has 90 valence electrons. The maximum absolute atomic E-state index is 11.7. The average Bonchev–Trinajstić information content (AvgIpc) is 2.33. The minimum absolute atomic E-state index is 0.0271. The first-order valence-electron chi connectivity index (χ1n) is 5.56. The Bertz CT molecular complexity index is 419. The summed E-state index contributed by atoms with van der Waals surface area (Å²) in [7, 11) is 0. The number of aliphatic carboxylic acids is 1. The van der Waals surface area contributed by atoms with Crippen molar-refractivity contribution in [3.8, 4) is 0 Å². The van der Waals surface area contributed by atoms with Crippen molar-refractivity contribution in [1.29, 1.82) is 0 Å². The number of rotatable bonds is 3. The molecule has 17 heavy (non-hydrogen) atoms. The fraction of sp³-hybridized carbons (Fsp3) is 0.417. The molecule has 0 aromatic carbocycles. The Morgan fingerprint density at radius 3 is 2.82 bits per heavy atom. The number of hydrogen-bond acceptors (Lipinski definition) is 3. The number of carbonyl (C=O) groups is 2. The number of carboxylic acids is 1. The Kier molecular flexibility index (Phi) is 3.37. The van der Waals surface area contributed by atoms with Gasteiger partial charge in [-0.05, 0) is 24.1 Å². The van der Waals surface area contributed by atoms with Crippen LogP contribution in [0.4, 0.5) is 0 Å². The van der Waals surface area contributed by atoms with Gasteiger partial charge in [0.25, 0.3) is 0 Å². The molecule has 5 nitrogen and oxygen atoms in total. The van der Waals surface area contributed by atoms with Crippen LogP contribution < -0.4 is 0 Å². The van der Waals surface area contributed by atoms with Gasteiger partial charge in [-0.15, -0.1) is 0 Å². The summed E-state index contributed by atoms with van der Waals surface area (Å²) in [5.41, 5.74) is 0.972. The Balaban J connectivity index is 2.04. The number of carboxylic acid groups (broad SMARTS) is 1. The van der Waals surface area contributed by atoms with Crippen molar-refractivity contribution in [3.05, 3.63) is 30.1 Å². The highest BCUT2D eigenvalue weighted by Crippen LogP contribution is 2.19. The fourth-order valence-corrected chi connectivity index (χ4v) is 1.98. The number of pyridine rings is 1. The van der Waals surface area contributed by atoms with E-state index >= 15 is 0 Å². The van der Waals surface area contributed by atoms with E-state index in [1.807, 2.05) is 12.1 Å². The summed E-state index contributed by atoms with van der Waals surface area (Å²) in [5, 5.41) is 8.96. The van der Waals surface area contributed by atoms with Gasteiger partial charge in [-0.25, -0.2) is 0 Å². The molecule has 2 heterocycles. The van der Waals surface area contributed by atoms with Gasteiger partial charge in [0, 0.05) is 31.9 Å². The van der Waals surface area contributed by atoms with E-state index in [1.54, 1.807) is 17.3 Å². The van der Waals surface area contributed by atoms with Crippen LogP contribution in [0.3, 0.4) is 0 Å². The van der Waals surface area contributed by atoms with Gasteiger partial charge < -0.3 is 10.0 Å². The van der Waals surface area contributed by atoms with E-state index in [0.717, 1.165) is 5.56 Å². The first kappa shape index (κ1) is 11.6. The quantitative estimate of drug-likeness (QED) is 0.843. The van der Waals surface area contributed by atoms with Gasteiger partial charge in [0.05, 0.1) is 5.92 Å². The molecular weight excluding hydrogens is 220 g/mol. The topological polar surface area (TPSA) is 70.5 Å². The van der Waals surface area contributed by atoms with Crippen molar-refractivity contribution in [1.82, 2.24) is 9.88 Å². The highest BCUT2D eigenvalue weighted by molar-refractivity contribution is 5.80. The number of amides is 1. The predicted molar refractivity (Wildman–Crippen MR) is 60.0 cm³/mol. The Morgan fingerprint density at radius 1 is 1.47 bits per heavy atom. The van der Waals surface area contributed by atoms with E-state index in [9.17, 15) is 9.59 Å². The molecule has 1 fully saturated rings. The van der Waals surface area contributed by atoms with Crippen LogP contribution in [0.25, 0.3) is 0 Å². The zero-order chi connectivity index (χ0) is 12.3. The molecule has 1 amide bonds. The minimum atomic E-state index is -0.822. The van der Waals surface area contributed by atoms with Crippen LogP contribution in [-0.2, 0) is 16.1 Å². The Labute approximate surface area is 99.1 Å². The molecule has 0 spiro atoms. The molecule has 1 atom stereocenters. The lowest BCUT2D eigenvalue weighted by atomic mass is 9.97. The van der Waals surface area contributed by atoms with E-state index in [2.05, 4.69) is 4.98 Å². The molecule has 2 rings (SSSR count). The molecule has 0 radical (unpaired) electrons. The summed E-state index contributed by atoms with van der Waals surface area (Å²) in [6.07, 6.45) is 4.10. The lowest BCUT2D eigenvalue weighted by Crippen LogP contribution is -2.41. The van der Waals surface area contributed by atoms with E-state index in [-0.39, 0.29) is 5.91 Å². The third kappa shape index (κ3) is 2.81. The highest BCUT2D eigenvalue weighted by Gasteiger charge is 2.29. The van der Waals surface area contributed by atoms with Crippen molar-refractivity contribution in [2.45, 2.75) is 19.4 Å². The number of hydrogen-bond donors (Lipinski definition) is 1. The van der Waals surface area contributed by atoms with Crippen LogP contribution in [0.5, 0.6) is 0 Å². The summed E-state index contributed by atoms with van der Waals surface area (Å²) in [5.74, 6) is -1.23. The average molecular weight is 234 g/mol. The zero-order valence-corrected chi connectivity index (χ0v) is 9.37. The second-order valence-corrected chi connectivity index (χ2v) is 4.20. The summed E-state index contributed by atoms with van der Waals surface area (Å²) in [4.78, 5) is 28.1. The minimum Gasteiger partial charge on any atom is -0.481 e. The molecule has 0 bridgehead atoms. The first-order valence-corrected chi connectivity index (χ1v) is 5.56. The number of piperidine rings is 1. The molecule has 1 aromatic rings.